The Hall–Kier alpha value is -3.63. The molecule has 0 radical (unpaired) electrons. The molecule has 0 unspecified atom stereocenters. The highest BCUT2D eigenvalue weighted by Crippen LogP contribution is 2.35. The Balaban J connectivity index is 1.66. The summed E-state index contributed by atoms with van der Waals surface area (Å²) in [5.74, 6) is -0.520. The molecule has 0 spiro atoms. The number of hydrogen-bond acceptors (Lipinski definition) is 6. The van der Waals surface area contributed by atoms with E-state index in [9.17, 15) is 22.8 Å². The molecule has 0 bridgehead atoms. The fourth-order valence-electron chi connectivity index (χ4n) is 3.57. The Morgan fingerprint density at radius 1 is 1.12 bits per heavy atom. The molecule has 4 rings (SSSR count). The average molecular weight is 462 g/mol. The highest BCUT2D eigenvalue weighted by molar-refractivity contribution is 5.97. The van der Waals surface area contributed by atoms with E-state index in [-0.39, 0.29) is 11.7 Å². The maximum absolute atomic E-state index is 12.5. The van der Waals surface area contributed by atoms with Crippen molar-refractivity contribution in [2.75, 3.05) is 13.1 Å². The van der Waals surface area contributed by atoms with E-state index in [1.54, 1.807) is 31.7 Å². The van der Waals surface area contributed by atoms with Crippen LogP contribution in [0.15, 0.2) is 36.5 Å². The topological polar surface area (TPSA) is 86.6 Å². The van der Waals surface area contributed by atoms with Gasteiger partial charge in [0, 0.05) is 30.8 Å². The first-order valence-electron chi connectivity index (χ1n) is 10.1. The van der Waals surface area contributed by atoms with Crippen LogP contribution in [0, 0.1) is 0 Å². The number of likely N-dealkylation sites (tertiary alicyclic amines) is 1. The van der Waals surface area contributed by atoms with Crippen LogP contribution >= 0.6 is 0 Å². The Labute approximate surface area is 186 Å². The summed E-state index contributed by atoms with van der Waals surface area (Å²) in [4.78, 5) is 29.8. The van der Waals surface area contributed by atoms with E-state index in [4.69, 9.17) is 4.74 Å². The molecule has 1 saturated heterocycles. The number of hydrogen-bond donors (Lipinski definition) is 0. The number of rotatable bonds is 4. The van der Waals surface area contributed by atoms with Gasteiger partial charge in [-0.3, -0.25) is 4.79 Å². The first kappa shape index (κ1) is 22.6. The monoisotopic (exact) mass is 462 g/mol. The van der Waals surface area contributed by atoms with Crippen LogP contribution in [0.5, 0.6) is 5.75 Å². The number of alkyl halides is 3. The Morgan fingerprint density at radius 2 is 1.79 bits per heavy atom. The third-order valence-corrected chi connectivity index (χ3v) is 4.99. The van der Waals surface area contributed by atoms with Gasteiger partial charge in [-0.2, -0.15) is 5.10 Å². The van der Waals surface area contributed by atoms with Crippen molar-refractivity contribution in [1.29, 1.82) is 0 Å². The summed E-state index contributed by atoms with van der Waals surface area (Å²) < 4.78 is 48.1. The van der Waals surface area contributed by atoms with Gasteiger partial charge in [-0.15, -0.1) is 13.2 Å². The van der Waals surface area contributed by atoms with Crippen LogP contribution in [-0.4, -0.2) is 57.1 Å². The van der Waals surface area contributed by atoms with Crippen molar-refractivity contribution in [2.24, 2.45) is 0 Å². The predicted octanol–water partition coefficient (Wildman–Crippen LogP) is 4.47. The fraction of sp³-hybridized carbons (Fsp3) is 0.364. The van der Waals surface area contributed by atoms with Gasteiger partial charge >= 0.3 is 12.5 Å². The average Bonchev–Trinajstić information content (AvgIpc) is 3.04. The van der Waals surface area contributed by atoms with E-state index in [0.29, 0.717) is 47.4 Å². The Morgan fingerprint density at radius 3 is 2.36 bits per heavy atom. The van der Waals surface area contributed by atoms with Crippen molar-refractivity contribution in [2.45, 2.75) is 38.7 Å². The number of aldehydes is 1. The summed E-state index contributed by atoms with van der Waals surface area (Å²) in [7, 11) is 0. The van der Waals surface area contributed by atoms with Crippen LogP contribution in [0.1, 0.15) is 42.7 Å². The van der Waals surface area contributed by atoms with Crippen LogP contribution in [0.3, 0.4) is 0 Å². The number of amides is 1. The molecule has 2 aromatic heterocycles. The molecular formula is C22H21F3N4O4. The summed E-state index contributed by atoms with van der Waals surface area (Å²) in [6.07, 6.45) is -3.07. The number of pyridine rings is 1. The highest BCUT2D eigenvalue weighted by Gasteiger charge is 2.38. The summed E-state index contributed by atoms with van der Waals surface area (Å²) in [6.45, 7) is 6.05. The van der Waals surface area contributed by atoms with Gasteiger partial charge < -0.3 is 14.4 Å². The van der Waals surface area contributed by atoms with Crippen molar-refractivity contribution in [3.63, 3.8) is 0 Å². The molecule has 1 aliphatic heterocycles. The zero-order valence-corrected chi connectivity index (χ0v) is 18.1. The van der Waals surface area contributed by atoms with Crippen LogP contribution in [0.2, 0.25) is 0 Å². The number of nitrogens with zero attached hydrogens (tertiary/aromatic N) is 4. The quantitative estimate of drug-likeness (QED) is 0.532. The molecule has 8 nitrogen and oxygen atoms in total. The molecule has 0 aliphatic carbocycles. The first-order chi connectivity index (χ1) is 15.4. The Kier molecular flexibility index (Phi) is 5.51. The van der Waals surface area contributed by atoms with Crippen LogP contribution in [-0.2, 0) is 4.74 Å². The molecule has 0 N–H and O–H groups in total. The number of benzene rings is 1. The van der Waals surface area contributed by atoms with E-state index < -0.39 is 18.1 Å². The summed E-state index contributed by atoms with van der Waals surface area (Å²) in [6, 6.07) is 6.75. The number of carbonyl (C=O) groups is 2. The minimum absolute atomic E-state index is 0.156. The van der Waals surface area contributed by atoms with Crippen molar-refractivity contribution < 1.29 is 32.2 Å². The highest BCUT2D eigenvalue weighted by atomic mass is 19.4. The molecule has 1 fully saturated rings. The predicted molar refractivity (Wildman–Crippen MR) is 111 cm³/mol. The van der Waals surface area contributed by atoms with E-state index in [0.717, 1.165) is 0 Å². The van der Waals surface area contributed by atoms with Gasteiger partial charge in [0.1, 0.15) is 11.4 Å². The largest absolute Gasteiger partial charge is 0.573 e. The van der Waals surface area contributed by atoms with Gasteiger partial charge in [-0.05, 0) is 51.1 Å². The molecule has 1 aromatic carbocycles. The van der Waals surface area contributed by atoms with E-state index in [1.165, 1.54) is 35.1 Å². The number of carbonyl (C=O) groups excluding carboxylic acids is 2. The number of aromatic nitrogens is 3. The molecule has 0 atom stereocenters. The zero-order chi connectivity index (χ0) is 24.0. The minimum atomic E-state index is -4.79. The third-order valence-electron chi connectivity index (χ3n) is 4.99. The zero-order valence-electron chi connectivity index (χ0n) is 18.1. The maximum Gasteiger partial charge on any atom is 0.573 e. The number of fused-ring (bicyclic) bond motifs is 1. The van der Waals surface area contributed by atoms with E-state index in [2.05, 4.69) is 14.8 Å². The van der Waals surface area contributed by atoms with Gasteiger partial charge in [0.25, 0.3) is 0 Å². The van der Waals surface area contributed by atoms with Gasteiger partial charge in [0.15, 0.2) is 11.9 Å². The van der Waals surface area contributed by atoms with Crippen LogP contribution in [0.4, 0.5) is 18.0 Å². The normalized spacial score (nSPS) is 14.8. The van der Waals surface area contributed by atoms with Gasteiger partial charge in [0.05, 0.1) is 16.8 Å². The molecule has 1 amide bonds. The molecule has 11 heteroatoms. The molecule has 33 heavy (non-hydrogen) atoms. The lowest BCUT2D eigenvalue weighted by molar-refractivity contribution is -0.274. The van der Waals surface area contributed by atoms with Gasteiger partial charge in [-0.1, -0.05) is 0 Å². The fourth-order valence-corrected chi connectivity index (χ4v) is 3.57. The molecule has 1 aliphatic rings. The maximum atomic E-state index is 12.5. The minimum Gasteiger partial charge on any atom is -0.444 e. The molecule has 0 saturated carbocycles. The summed E-state index contributed by atoms with van der Waals surface area (Å²) in [5, 5.41) is 5.16. The smallest absolute Gasteiger partial charge is 0.444 e. The van der Waals surface area contributed by atoms with Crippen molar-refractivity contribution >= 4 is 23.4 Å². The lowest BCUT2D eigenvalue weighted by Crippen LogP contribution is -2.50. The lowest BCUT2D eigenvalue weighted by Gasteiger charge is -2.39. The lowest BCUT2D eigenvalue weighted by atomic mass is 9.93. The van der Waals surface area contributed by atoms with Crippen molar-refractivity contribution in [1.82, 2.24) is 19.7 Å². The second kappa shape index (κ2) is 8.05. The molecular weight excluding hydrogens is 441 g/mol. The number of ether oxygens (including phenoxy) is 2. The second-order valence-electron chi connectivity index (χ2n) is 8.64. The summed E-state index contributed by atoms with van der Waals surface area (Å²) in [5.41, 5.74) is 1.17. The van der Waals surface area contributed by atoms with Crippen molar-refractivity contribution in [3.8, 4) is 11.4 Å². The standard InChI is InChI=1S/C22H21F3N4O4/c1-21(2,3)33-20(31)28-10-14(11-28)18-17-13(12-30)8-9-26-19(17)29(27-18)15-4-6-16(7-5-15)32-22(23,24)25/h4-9,12,14H,10-11H2,1-3H3. The first-order valence-corrected chi connectivity index (χ1v) is 10.1. The van der Waals surface area contributed by atoms with Gasteiger partial charge in [-0.25, -0.2) is 14.5 Å². The van der Waals surface area contributed by atoms with Crippen molar-refractivity contribution in [3.05, 3.63) is 47.8 Å². The molecule has 3 aromatic rings. The third kappa shape index (κ3) is 4.76. The second-order valence-corrected chi connectivity index (χ2v) is 8.64. The SMILES string of the molecule is CC(C)(C)OC(=O)N1CC(c2nn(-c3ccc(OC(F)(F)F)cc3)c3nccc(C=O)c23)C1. The molecule has 3 heterocycles. The molecule has 174 valence electrons. The van der Waals surface area contributed by atoms with Crippen LogP contribution in [0.25, 0.3) is 16.7 Å². The van der Waals surface area contributed by atoms with Crippen LogP contribution < -0.4 is 4.74 Å². The van der Waals surface area contributed by atoms with E-state index >= 15 is 0 Å². The Bertz CT molecular complexity index is 1190. The van der Waals surface area contributed by atoms with E-state index in [1.807, 2.05) is 0 Å². The van der Waals surface area contributed by atoms with Gasteiger partial charge in [0.2, 0.25) is 0 Å². The number of halogens is 3. The summed E-state index contributed by atoms with van der Waals surface area (Å²) >= 11 is 0.